The van der Waals surface area contributed by atoms with Crippen molar-refractivity contribution in [3.63, 3.8) is 0 Å². The van der Waals surface area contributed by atoms with Crippen LogP contribution in [0.3, 0.4) is 0 Å². The summed E-state index contributed by atoms with van der Waals surface area (Å²) in [4.78, 5) is 15.7. The Morgan fingerprint density at radius 1 is 0.783 bits per heavy atom. The quantitative estimate of drug-likeness (QED) is 0.766. The smallest absolute Gasteiger partial charge is 0.254 e. The molecule has 0 unspecified atom stereocenters. The van der Waals surface area contributed by atoms with Crippen molar-refractivity contribution in [3.8, 4) is 0 Å². The number of carbonyl (C=O) groups is 1. The molecular weight excluding hydrogens is 282 g/mol. The Balaban J connectivity index is 1.73. The Hall–Kier alpha value is -1.83. The molecule has 0 bridgehead atoms. The van der Waals surface area contributed by atoms with Gasteiger partial charge in [0.25, 0.3) is 5.91 Å². The average molecular weight is 307 g/mol. The SMILES string of the molecule is O=C(c1cccc2ccccc12)N(C1CCCC1)C1CCCC1. The van der Waals surface area contributed by atoms with Gasteiger partial charge in [-0.3, -0.25) is 4.79 Å². The predicted molar refractivity (Wildman–Crippen MR) is 94.6 cm³/mol. The summed E-state index contributed by atoms with van der Waals surface area (Å²) in [7, 11) is 0. The predicted octanol–water partition coefficient (Wildman–Crippen LogP) is 5.17. The lowest BCUT2D eigenvalue weighted by Gasteiger charge is -2.35. The summed E-state index contributed by atoms with van der Waals surface area (Å²) in [6.07, 6.45) is 9.85. The zero-order valence-electron chi connectivity index (χ0n) is 13.7. The second kappa shape index (κ2) is 6.35. The first-order chi connectivity index (χ1) is 11.3. The van der Waals surface area contributed by atoms with Gasteiger partial charge in [-0.05, 0) is 42.5 Å². The van der Waals surface area contributed by atoms with Gasteiger partial charge in [0.15, 0.2) is 0 Å². The Kier molecular flexibility index (Phi) is 4.07. The van der Waals surface area contributed by atoms with E-state index < -0.39 is 0 Å². The molecular formula is C21H25NO. The highest BCUT2D eigenvalue weighted by molar-refractivity contribution is 6.07. The molecule has 2 nitrogen and oxygen atoms in total. The van der Waals surface area contributed by atoms with E-state index in [2.05, 4.69) is 23.1 Å². The van der Waals surface area contributed by atoms with E-state index in [9.17, 15) is 4.79 Å². The summed E-state index contributed by atoms with van der Waals surface area (Å²) >= 11 is 0. The van der Waals surface area contributed by atoms with Gasteiger partial charge in [-0.15, -0.1) is 0 Å². The third-order valence-corrected chi connectivity index (χ3v) is 5.69. The van der Waals surface area contributed by atoms with E-state index in [1.165, 1.54) is 51.4 Å². The first-order valence-corrected chi connectivity index (χ1v) is 9.15. The van der Waals surface area contributed by atoms with Gasteiger partial charge in [-0.25, -0.2) is 0 Å². The fourth-order valence-electron chi connectivity index (χ4n) is 4.55. The molecule has 0 aliphatic heterocycles. The molecule has 2 aromatic rings. The van der Waals surface area contributed by atoms with Crippen LogP contribution in [0.15, 0.2) is 42.5 Å². The van der Waals surface area contributed by atoms with Crippen LogP contribution in [-0.2, 0) is 0 Å². The van der Waals surface area contributed by atoms with Crippen LogP contribution in [0.2, 0.25) is 0 Å². The number of hydrogen-bond donors (Lipinski definition) is 0. The molecule has 0 aromatic heterocycles. The molecule has 1 amide bonds. The molecule has 0 heterocycles. The number of carbonyl (C=O) groups excluding carboxylic acids is 1. The third-order valence-electron chi connectivity index (χ3n) is 5.69. The summed E-state index contributed by atoms with van der Waals surface area (Å²) in [6.45, 7) is 0. The fraction of sp³-hybridized carbons (Fsp3) is 0.476. The molecule has 4 rings (SSSR count). The lowest BCUT2D eigenvalue weighted by Crippen LogP contribution is -2.45. The summed E-state index contributed by atoms with van der Waals surface area (Å²) in [6, 6.07) is 15.3. The Morgan fingerprint density at radius 3 is 2.00 bits per heavy atom. The van der Waals surface area contributed by atoms with Crippen molar-refractivity contribution < 1.29 is 4.79 Å². The zero-order chi connectivity index (χ0) is 15.6. The Bertz CT molecular complexity index is 675. The van der Waals surface area contributed by atoms with Crippen molar-refractivity contribution in [2.24, 2.45) is 0 Å². The number of rotatable bonds is 3. The van der Waals surface area contributed by atoms with Crippen LogP contribution < -0.4 is 0 Å². The number of fused-ring (bicyclic) bond motifs is 1. The van der Waals surface area contributed by atoms with Crippen LogP contribution in [0.1, 0.15) is 61.7 Å². The van der Waals surface area contributed by atoms with E-state index in [0.717, 1.165) is 16.3 Å². The number of amides is 1. The highest BCUT2D eigenvalue weighted by Crippen LogP contribution is 2.33. The van der Waals surface area contributed by atoms with Gasteiger partial charge < -0.3 is 4.90 Å². The number of nitrogens with zero attached hydrogens (tertiary/aromatic N) is 1. The zero-order valence-corrected chi connectivity index (χ0v) is 13.7. The van der Waals surface area contributed by atoms with Gasteiger partial charge in [0.2, 0.25) is 0 Å². The average Bonchev–Trinajstić information content (AvgIpc) is 3.29. The van der Waals surface area contributed by atoms with E-state index in [0.29, 0.717) is 12.1 Å². The van der Waals surface area contributed by atoms with Crippen molar-refractivity contribution >= 4 is 16.7 Å². The van der Waals surface area contributed by atoms with Crippen molar-refractivity contribution in [2.45, 2.75) is 63.5 Å². The van der Waals surface area contributed by atoms with Crippen molar-refractivity contribution in [2.75, 3.05) is 0 Å². The van der Waals surface area contributed by atoms with E-state index in [-0.39, 0.29) is 5.91 Å². The van der Waals surface area contributed by atoms with Gasteiger partial charge in [0.05, 0.1) is 0 Å². The fourth-order valence-corrected chi connectivity index (χ4v) is 4.55. The second-order valence-electron chi connectivity index (χ2n) is 7.12. The largest absolute Gasteiger partial charge is 0.333 e. The summed E-state index contributed by atoms with van der Waals surface area (Å²) < 4.78 is 0. The highest BCUT2D eigenvalue weighted by atomic mass is 16.2. The van der Waals surface area contributed by atoms with Gasteiger partial charge in [-0.2, -0.15) is 0 Å². The molecule has 0 N–H and O–H groups in total. The normalized spacial score (nSPS) is 19.5. The molecule has 0 saturated heterocycles. The summed E-state index contributed by atoms with van der Waals surface area (Å²) in [5.74, 6) is 0.264. The summed E-state index contributed by atoms with van der Waals surface area (Å²) in [5, 5.41) is 2.26. The van der Waals surface area contributed by atoms with Crippen molar-refractivity contribution in [1.82, 2.24) is 4.90 Å². The minimum absolute atomic E-state index is 0.264. The van der Waals surface area contributed by atoms with Crippen LogP contribution in [0, 0.1) is 0 Å². The van der Waals surface area contributed by atoms with Crippen LogP contribution in [0.25, 0.3) is 10.8 Å². The molecule has 120 valence electrons. The van der Waals surface area contributed by atoms with Crippen LogP contribution in [0.4, 0.5) is 0 Å². The first-order valence-electron chi connectivity index (χ1n) is 9.15. The van der Waals surface area contributed by atoms with Crippen LogP contribution >= 0.6 is 0 Å². The summed E-state index contributed by atoms with van der Waals surface area (Å²) in [5.41, 5.74) is 0.891. The van der Waals surface area contributed by atoms with Crippen LogP contribution in [-0.4, -0.2) is 22.9 Å². The highest BCUT2D eigenvalue weighted by Gasteiger charge is 2.34. The lowest BCUT2D eigenvalue weighted by atomic mass is 10.0. The maximum atomic E-state index is 13.5. The van der Waals surface area contributed by atoms with Gasteiger partial charge in [-0.1, -0.05) is 62.1 Å². The first kappa shape index (κ1) is 14.7. The van der Waals surface area contributed by atoms with E-state index in [4.69, 9.17) is 0 Å². The van der Waals surface area contributed by atoms with Gasteiger partial charge >= 0.3 is 0 Å². The van der Waals surface area contributed by atoms with E-state index in [1.807, 2.05) is 24.3 Å². The Labute approximate surface area is 138 Å². The van der Waals surface area contributed by atoms with Gasteiger partial charge in [0.1, 0.15) is 0 Å². The topological polar surface area (TPSA) is 20.3 Å². The second-order valence-corrected chi connectivity index (χ2v) is 7.12. The van der Waals surface area contributed by atoms with Crippen molar-refractivity contribution in [3.05, 3.63) is 48.0 Å². The molecule has 2 aromatic carbocycles. The molecule has 0 atom stereocenters. The Morgan fingerprint density at radius 2 is 1.35 bits per heavy atom. The number of benzene rings is 2. The third kappa shape index (κ3) is 2.75. The number of hydrogen-bond acceptors (Lipinski definition) is 1. The molecule has 2 aliphatic carbocycles. The maximum Gasteiger partial charge on any atom is 0.254 e. The molecule has 2 saturated carbocycles. The molecule has 0 radical (unpaired) electrons. The minimum atomic E-state index is 0.264. The molecule has 2 aliphatic rings. The molecule has 2 fully saturated rings. The molecule has 2 heteroatoms. The lowest BCUT2D eigenvalue weighted by molar-refractivity contribution is 0.0582. The van der Waals surface area contributed by atoms with E-state index >= 15 is 0 Å². The van der Waals surface area contributed by atoms with E-state index in [1.54, 1.807) is 0 Å². The minimum Gasteiger partial charge on any atom is -0.333 e. The standard InChI is InChI=1S/C21H25NO/c23-21(20-15-7-9-16-8-1-6-14-19(16)20)22(17-10-2-3-11-17)18-12-4-5-13-18/h1,6-9,14-15,17-18H,2-5,10-13H2. The maximum absolute atomic E-state index is 13.5. The van der Waals surface area contributed by atoms with Crippen molar-refractivity contribution in [1.29, 1.82) is 0 Å². The van der Waals surface area contributed by atoms with Gasteiger partial charge in [0, 0.05) is 17.6 Å². The molecule has 0 spiro atoms. The monoisotopic (exact) mass is 307 g/mol. The van der Waals surface area contributed by atoms with Crippen LogP contribution in [0.5, 0.6) is 0 Å². The molecule has 23 heavy (non-hydrogen) atoms.